The molecule has 5 aromatic carbocycles. The summed E-state index contributed by atoms with van der Waals surface area (Å²) in [6.45, 7) is 16.3. The van der Waals surface area contributed by atoms with Crippen molar-refractivity contribution in [2.75, 3.05) is 0 Å². The average Bonchev–Trinajstić information content (AvgIpc) is 3.11. The van der Waals surface area contributed by atoms with E-state index in [0.29, 0.717) is 11.8 Å². The third-order valence-corrected chi connectivity index (χ3v) is 16.2. The van der Waals surface area contributed by atoms with Crippen molar-refractivity contribution in [1.82, 2.24) is 9.97 Å². The van der Waals surface area contributed by atoms with Crippen LogP contribution in [0.5, 0.6) is 0 Å². The van der Waals surface area contributed by atoms with Crippen molar-refractivity contribution in [3.63, 3.8) is 0 Å². The minimum Gasteiger partial charge on any atom is -0.305 e. The number of aromatic nitrogens is 2. The molecule has 0 N–H and O–H groups in total. The molecule has 0 spiro atoms. The SMILES string of the molecule is CC(C)Cc1cc(-c2[c-]cc3c4ccccc4c4ccccc4c3c2)nc[c]1[Ge]([CH3])([CH3])[CH3].CC(C)Cc1cc(-c2[c-]cccc2)ncc1[Si](C)(C)C.[Ir]. The fourth-order valence-corrected chi connectivity index (χ4v) is 12.3. The normalized spacial score (nSPS) is 11.9. The van der Waals surface area contributed by atoms with E-state index in [1.807, 2.05) is 18.2 Å². The number of rotatable bonds is 8. The molecule has 2 heterocycles. The Hall–Kier alpha value is -3.41. The maximum Gasteiger partial charge on any atom is 0.0798 e. The van der Waals surface area contributed by atoms with Crippen LogP contribution in [0, 0.1) is 24.0 Å². The Labute approximate surface area is 335 Å². The molecule has 0 fully saturated rings. The molecular weight excluding hydrogens is 897 g/mol. The van der Waals surface area contributed by atoms with Crippen molar-refractivity contribution < 1.29 is 20.1 Å². The van der Waals surface area contributed by atoms with Crippen LogP contribution in [-0.4, -0.2) is 31.3 Å². The molecule has 7 rings (SSSR count). The van der Waals surface area contributed by atoms with E-state index in [9.17, 15) is 0 Å². The van der Waals surface area contributed by atoms with Crippen LogP contribution in [-0.2, 0) is 32.9 Å². The van der Waals surface area contributed by atoms with Crippen molar-refractivity contribution >= 4 is 63.2 Å². The maximum absolute atomic E-state index is 4.95. The second kappa shape index (κ2) is 16.9. The summed E-state index contributed by atoms with van der Waals surface area (Å²) in [4.78, 5) is 9.63. The molecule has 0 aliphatic heterocycles. The van der Waals surface area contributed by atoms with Crippen molar-refractivity contribution in [3.05, 3.63) is 133 Å². The third-order valence-electron chi connectivity index (χ3n) is 9.79. The molecule has 0 aliphatic rings. The summed E-state index contributed by atoms with van der Waals surface area (Å²) in [6.07, 6.45) is 6.51. The minimum atomic E-state index is -1.99. The predicted octanol–water partition coefficient (Wildman–Crippen LogP) is 12.0. The molecule has 5 heteroatoms. The zero-order chi connectivity index (χ0) is 37.2. The molecule has 0 unspecified atom stereocenters. The summed E-state index contributed by atoms with van der Waals surface area (Å²) < 4.78 is 1.53. The zero-order valence-electron chi connectivity index (χ0n) is 33.2. The van der Waals surface area contributed by atoms with E-state index in [4.69, 9.17) is 4.98 Å². The molecule has 2 nitrogen and oxygen atoms in total. The summed E-state index contributed by atoms with van der Waals surface area (Å²) in [6, 6.07) is 41.4. The largest absolute Gasteiger partial charge is 0.305 e. The molecule has 0 saturated carbocycles. The molecule has 0 amide bonds. The van der Waals surface area contributed by atoms with E-state index in [1.165, 1.54) is 53.0 Å². The van der Waals surface area contributed by atoms with Gasteiger partial charge in [-0.15, -0.1) is 35.9 Å². The van der Waals surface area contributed by atoms with Crippen LogP contribution in [0.25, 0.3) is 54.8 Å². The summed E-state index contributed by atoms with van der Waals surface area (Å²) in [7, 11) is -1.34. The van der Waals surface area contributed by atoms with Crippen molar-refractivity contribution in [1.29, 1.82) is 0 Å². The van der Waals surface area contributed by atoms with E-state index >= 15 is 0 Å². The summed E-state index contributed by atoms with van der Waals surface area (Å²) in [5.41, 5.74) is 7.20. The summed E-state index contributed by atoms with van der Waals surface area (Å²) in [5.74, 6) is 8.67. The first-order valence-electron chi connectivity index (χ1n) is 18.9. The standard InChI is InChI=1S/C30H30GeN.C18H24NSi.Ir/c1-20(2)16-22-18-30(32-19-29(22)31(3,4)5)21-14-15-27-25-12-7-6-10-23(25)24-11-8-9-13-26(24)28(27)17-21;1-14(2)11-16-12-17(15-9-7-6-8-10-15)19-13-18(16)20(3,4)5;/h6-13,15,17-20H,16H2,1-5H3;6-9,12-14H,11H2,1-5H3;/q2*-1;. The van der Waals surface area contributed by atoms with Gasteiger partial charge in [-0.05, 0) is 23.2 Å². The van der Waals surface area contributed by atoms with Gasteiger partial charge in [-0.25, -0.2) is 0 Å². The second-order valence-corrected chi connectivity index (χ2v) is 32.8. The van der Waals surface area contributed by atoms with Crippen LogP contribution in [0.4, 0.5) is 0 Å². The van der Waals surface area contributed by atoms with Gasteiger partial charge in [-0.1, -0.05) is 45.1 Å². The number of fused-ring (bicyclic) bond motifs is 6. The second-order valence-electron chi connectivity index (χ2n) is 17.2. The van der Waals surface area contributed by atoms with Gasteiger partial charge in [0.05, 0.1) is 8.07 Å². The van der Waals surface area contributed by atoms with Gasteiger partial charge in [-0.3, -0.25) is 0 Å². The molecule has 53 heavy (non-hydrogen) atoms. The first-order chi connectivity index (χ1) is 24.7. The molecule has 0 atom stereocenters. The third kappa shape index (κ3) is 9.46. The van der Waals surface area contributed by atoms with Gasteiger partial charge in [0.15, 0.2) is 0 Å². The van der Waals surface area contributed by atoms with Crippen LogP contribution >= 0.6 is 0 Å². The Balaban J connectivity index is 0.000000223. The van der Waals surface area contributed by atoms with Gasteiger partial charge >= 0.3 is 194 Å². The number of hydrogen-bond acceptors (Lipinski definition) is 2. The van der Waals surface area contributed by atoms with Crippen LogP contribution < -0.4 is 9.58 Å². The fraction of sp³-hybridized carbons (Fsp3) is 0.292. The van der Waals surface area contributed by atoms with Gasteiger partial charge < -0.3 is 4.98 Å². The van der Waals surface area contributed by atoms with E-state index in [2.05, 4.69) is 173 Å². The first-order valence-corrected chi connectivity index (χ1v) is 29.8. The smallest absolute Gasteiger partial charge is 0.0798 e. The molecule has 0 saturated heterocycles. The Morgan fingerprint density at radius 2 is 1.09 bits per heavy atom. The molecule has 0 bridgehead atoms. The maximum atomic E-state index is 4.95. The Morgan fingerprint density at radius 1 is 0.585 bits per heavy atom. The van der Waals surface area contributed by atoms with E-state index in [-0.39, 0.29) is 20.1 Å². The van der Waals surface area contributed by atoms with Gasteiger partial charge in [0.1, 0.15) is 0 Å². The van der Waals surface area contributed by atoms with Crippen LogP contribution in [0.3, 0.4) is 0 Å². The van der Waals surface area contributed by atoms with Crippen LogP contribution in [0.2, 0.25) is 36.9 Å². The van der Waals surface area contributed by atoms with Crippen LogP contribution in [0.15, 0.2) is 109 Å². The first kappa shape index (κ1) is 40.8. The number of benzene rings is 5. The van der Waals surface area contributed by atoms with Crippen molar-refractivity contribution in [3.8, 4) is 22.5 Å². The topological polar surface area (TPSA) is 25.8 Å². The van der Waals surface area contributed by atoms with Gasteiger partial charge in [0.2, 0.25) is 0 Å². The fourth-order valence-electron chi connectivity index (χ4n) is 7.40. The summed E-state index contributed by atoms with van der Waals surface area (Å²) in [5, 5.41) is 9.21. The van der Waals surface area contributed by atoms with Crippen LogP contribution in [0.1, 0.15) is 38.8 Å². The quantitative estimate of drug-likeness (QED) is 0.0862. The van der Waals surface area contributed by atoms with E-state index in [1.54, 1.807) is 0 Å². The molecule has 2 aromatic heterocycles. The molecular formula is C48H54GeIrN2Si-2. The zero-order valence-corrected chi connectivity index (χ0v) is 38.7. The number of nitrogens with zero attached hydrogens (tertiary/aromatic N) is 2. The Bertz CT molecular complexity index is 2300. The van der Waals surface area contributed by atoms with Gasteiger partial charge in [0, 0.05) is 26.3 Å². The van der Waals surface area contributed by atoms with Crippen molar-refractivity contribution in [2.24, 2.45) is 11.8 Å². The van der Waals surface area contributed by atoms with Gasteiger partial charge in [0.25, 0.3) is 0 Å². The molecule has 7 aromatic rings. The summed E-state index contributed by atoms with van der Waals surface area (Å²) >= 11 is -1.99. The van der Waals surface area contributed by atoms with E-state index < -0.39 is 21.3 Å². The molecule has 275 valence electrons. The minimum absolute atomic E-state index is 0. The monoisotopic (exact) mass is 953 g/mol. The average molecular weight is 952 g/mol. The Kier molecular flexibility index (Phi) is 13.0. The molecule has 1 radical (unpaired) electrons. The van der Waals surface area contributed by atoms with E-state index in [0.717, 1.165) is 35.4 Å². The van der Waals surface area contributed by atoms with Gasteiger partial charge in [-0.2, -0.15) is 0 Å². The predicted molar refractivity (Wildman–Crippen MR) is 233 cm³/mol. The van der Waals surface area contributed by atoms with Crippen molar-refractivity contribution in [2.45, 2.75) is 77.4 Å². The number of hydrogen-bond donors (Lipinski definition) is 0. The molecule has 0 aliphatic carbocycles. The number of pyridine rings is 2. The Morgan fingerprint density at radius 3 is 1.64 bits per heavy atom.